The van der Waals surface area contributed by atoms with Crippen LogP contribution in [0.4, 0.5) is 0 Å². The standard InChI is InChI=1S/C32H50O3/c1-7-34-20-17-30(33)35-25-15-18-31(5)24(21-25)11-12-26-28-14-13-27(23(4)10-8-9-22(2)3)32(28,6)19-16-29(26)31/h1,11,22-23,25-29H,8-10,12-21H2,2-6H3. The Kier molecular flexibility index (Phi) is 8.29. The van der Waals surface area contributed by atoms with Crippen LogP contribution in [0.15, 0.2) is 11.6 Å². The molecule has 3 heteroatoms. The number of rotatable bonds is 9. The Morgan fingerprint density at radius 1 is 1.11 bits per heavy atom. The summed E-state index contributed by atoms with van der Waals surface area (Å²) >= 11 is 0. The van der Waals surface area contributed by atoms with Crippen molar-refractivity contribution in [3.63, 3.8) is 0 Å². The molecule has 3 fully saturated rings. The van der Waals surface area contributed by atoms with Crippen molar-refractivity contribution >= 4 is 5.97 Å². The summed E-state index contributed by atoms with van der Waals surface area (Å²) < 4.78 is 10.7. The second-order valence-corrected chi connectivity index (χ2v) is 13.4. The molecule has 0 saturated heterocycles. The van der Waals surface area contributed by atoms with Gasteiger partial charge in [0, 0.05) is 6.42 Å². The van der Waals surface area contributed by atoms with Crippen molar-refractivity contribution in [1.29, 1.82) is 0 Å². The molecular weight excluding hydrogens is 432 g/mol. The average Bonchev–Trinajstić information content (AvgIpc) is 3.16. The molecule has 0 bridgehead atoms. The molecule has 35 heavy (non-hydrogen) atoms. The molecule has 4 aliphatic carbocycles. The van der Waals surface area contributed by atoms with Gasteiger partial charge in [0.05, 0.1) is 6.42 Å². The summed E-state index contributed by atoms with van der Waals surface area (Å²) in [6.07, 6.45) is 24.2. The van der Waals surface area contributed by atoms with Crippen LogP contribution < -0.4 is 0 Å². The highest BCUT2D eigenvalue weighted by Gasteiger charge is 2.59. The number of fused-ring (bicyclic) bond motifs is 5. The number of carbonyl (C=O) groups is 1. The fourth-order valence-electron chi connectivity index (χ4n) is 9.19. The maximum Gasteiger partial charge on any atom is 0.309 e. The van der Waals surface area contributed by atoms with E-state index in [1.165, 1.54) is 51.4 Å². The third-order valence-electron chi connectivity index (χ3n) is 11.0. The normalized spacial score (nSPS) is 39.0. The van der Waals surface area contributed by atoms with Gasteiger partial charge in [-0.05, 0) is 91.3 Å². The minimum atomic E-state index is -0.184. The maximum atomic E-state index is 12.2. The van der Waals surface area contributed by atoms with Crippen LogP contribution in [-0.4, -0.2) is 18.7 Å². The van der Waals surface area contributed by atoms with Crippen LogP contribution >= 0.6 is 0 Å². The van der Waals surface area contributed by atoms with E-state index in [0.29, 0.717) is 10.8 Å². The zero-order chi connectivity index (χ0) is 25.2. The van der Waals surface area contributed by atoms with Gasteiger partial charge in [-0.2, -0.15) is 0 Å². The molecule has 8 unspecified atom stereocenters. The molecule has 4 rings (SSSR count). The molecule has 0 aromatic heterocycles. The zero-order valence-electron chi connectivity index (χ0n) is 23.1. The maximum absolute atomic E-state index is 12.2. The Balaban J connectivity index is 1.39. The summed E-state index contributed by atoms with van der Waals surface area (Å²) in [6.45, 7) is 12.7. The number of hydrogen-bond acceptors (Lipinski definition) is 3. The molecule has 0 heterocycles. The Morgan fingerprint density at radius 2 is 1.91 bits per heavy atom. The van der Waals surface area contributed by atoms with E-state index in [4.69, 9.17) is 15.9 Å². The Labute approximate surface area is 215 Å². The van der Waals surface area contributed by atoms with Crippen molar-refractivity contribution in [2.24, 2.45) is 46.3 Å². The molecule has 3 saturated carbocycles. The summed E-state index contributed by atoms with van der Waals surface area (Å²) in [4.78, 5) is 12.2. The zero-order valence-corrected chi connectivity index (χ0v) is 23.1. The molecule has 4 aliphatic rings. The number of hydrogen-bond donors (Lipinski definition) is 0. The predicted molar refractivity (Wildman–Crippen MR) is 142 cm³/mol. The van der Waals surface area contributed by atoms with Crippen LogP contribution in [0.25, 0.3) is 0 Å². The number of ether oxygens (including phenoxy) is 2. The molecule has 0 aromatic rings. The van der Waals surface area contributed by atoms with Crippen LogP contribution in [0.3, 0.4) is 0 Å². The SMILES string of the molecule is C#COCCC(=O)OC1CCC2(C)C(=CCC3C2CCC2(C)C(C(C)CCCC(C)C)CCC32)C1. The monoisotopic (exact) mass is 482 g/mol. The van der Waals surface area contributed by atoms with E-state index in [-0.39, 0.29) is 25.1 Å². The van der Waals surface area contributed by atoms with Crippen LogP contribution in [0.2, 0.25) is 0 Å². The van der Waals surface area contributed by atoms with E-state index in [1.54, 1.807) is 5.57 Å². The first-order valence-corrected chi connectivity index (χ1v) is 14.7. The molecule has 8 atom stereocenters. The van der Waals surface area contributed by atoms with Crippen molar-refractivity contribution in [3.8, 4) is 12.5 Å². The van der Waals surface area contributed by atoms with Gasteiger partial charge in [-0.1, -0.05) is 72.0 Å². The third-order valence-corrected chi connectivity index (χ3v) is 11.0. The fraction of sp³-hybridized carbons (Fsp3) is 0.844. The Bertz CT molecular complexity index is 821. The van der Waals surface area contributed by atoms with Gasteiger partial charge >= 0.3 is 5.97 Å². The highest BCUT2D eigenvalue weighted by molar-refractivity contribution is 5.69. The lowest BCUT2D eigenvalue weighted by Gasteiger charge is -2.58. The molecule has 196 valence electrons. The molecule has 0 spiro atoms. The van der Waals surface area contributed by atoms with Crippen molar-refractivity contribution in [2.75, 3.05) is 6.61 Å². The van der Waals surface area contributed by atoms with Gasteiger partial charge < -0.3 is 9.47 Å². The van der Waals surface area contributed by atoms with E-state index < -0.39 is 0 Å². The highest BCUT2D eigenvalue weighted by atomic mass is 16.5. The number of terminal acetylenes is 1. The van der Waals surface area contributed by atoms with Gasteiger partial charge in [0.15, 0.2) is 0 Å². The number of esters is 1. The molecular formula is C32H50O3. The minimum Gasteiger partial charge on any atom is -0.462 e. The van der Waals surface area contributed by atoms with Crippen molar-refractivity contribution in [2.45, 2.75) is 118 Å². The third kappa shape index (κ3) is 5.33. The minimum absolute atomic E-state index is 0.0145. The van der Waals surface area contributed by atoms with Crippen LogP contribution in [-0.2, 0) is 14.3 Å². The quantitative estimate of drug-likeness (QED) is 0.145. The van der Waals surface area contributed by atoms with E-state index in [2.05, 4.69) is 46.8 Å². The van der Waals surface area contributed by atoms with E-state index in [1.807, 2.05) is 0 Å². The van der Waals surface area contributed by atoms with Gasteiger partial charge in [0.1, 0.15) is 18.8 Å². The van der Waals surface area contributed by atoms with Crippen LogP contribution in [0.5, 0.6) is 0 Å². The van der Waals surface area contributed by atoms with E-state index >= 15 is 0 Å². The van der Waals surface area contributed by atoms with E-state index in [0.717, 1.165) is 54.8 Å². The lowest BCUT2D eigenvalue weighted by Crippen LogP contribution is -2.51. The fourth-order valence-corrected chi connectivity index (χ4v) is 9.19. The van der Waals surface area contributed by atoms with Crippen molar-refractivity contribution in [1.82, 2.24) is 0 Å². The molecule has 3 nitrogen and oxygen atoms in total. The Morgan fingerprint density at radius 3 is 2.66 bits per heavy atom. The van der Waals surface area contributed by atoms with E-state index in [9.17, 15) is 4.79 Å². The van der Waals surface area contributed by atoms with Crippen molar-refractivity contribution in [3.05, 3.63) is 11.6 Å². The van der Waals surface area contributed by atoms with Crippen LogP contribution in [0.1, 0.15) is 112 Å². The van der Waals surface area contributed by atoms with Gasteiger partial charge in [-0.3, -0.25) is 4.79 Å². The summed E-state index contributed by atoms with van der Waals surface area (Å²) in [5.74, 6) is 4.95. The molecule has 0 radical (unpaired) electrons. The van der Waals surface area contributed by atoms with Gasteiger partial charge in [-0.25, -0.2) is 0 Å². The summed E-state index contributed by atoms with van der Waals surface area (Å²) in [5.41, 5.74) is 2.40. The number of carbonyl (C=O) groups excluding carboxylic acids is 1. The smallest absolute Gasteiger partial charge is 0.309 e. The lowest BCUT2D eigenvalue weighted by molar-refractivity contribution is -0.152. The first-order valence-electron chi connectivity index (χ1n) is 14.7. The van der Waals surface area contributed by atoms with Gasteiger partial charge in [-0.15, -0.1) is 0 Å². The highest BCUT2D eigenvalue weighted by Crippen LogP contribution is 2.67. The molecule has 0 N–H and O–H groups in total. The van der Waals surface area contributed by atoms with Crippen LogP contribution in [0, 0.1) is 58.9 Å². The first-order chi connectivity index (χ1) is 16.7. The lowest BCUT2D eigenvalue weighted by atomic mass is 9.47. The topological polar surface area (TPSA) is 35.5 Å². The Hall–Kier alpha value is -1.43. The summed E-state index contributed by atoms with van der Waals surface area (Å²) in [7, 11) is 0. The second-order valence-electron chi connectivity index (χ2n) is 13.4. The largest absolute Gasteiger partial charge is 0.462 e. The second kappa shape index (κ2) is 10.9. The van der Waals surface area contributed by atoms with Gasteiger partial charge in [0.2, 0.25) is 0 Å². The summed E-state index contributed by atoms with van der Waals surface area (Å²) in [6, 6.07) is 0. The predicted octanol–water partition coefficient (Wildman–Crippen LogP) is 7.94. The number of allylic oxidation sites excluding steroid dienone is 1. The molecule has 0 aromatic carbocycles. The average molecular weight is 483 g/mol. The molecule has 0 aliphatic heterocycles. The molecule has 0 amide bonds. The van der Waals surface area contributed by atoms with Gasteiger partial charge in [0.25, 0.3) is 0 Å². The summed E-state index contributed by atoms with van der Waals surface area (Å²) in [5, 5.41) is 0. The first kappa shape index (κ1) is 26.6. The van der Waals surface area contributed by atoms with Crippen molar-refractivity contribution < 1.29 is 14.3 Å².